The molecule has 5 nitrogen and oxygen atoms in total. The maximum atomic E-state index is 12.2. The van der Waals surface area contributed by atoms with E-state index in [1.807, 2.05) is 25.1 Å². The van der Waals surface area contributed by atoms with Crippen molar-refractivity contribution in [1.82, 2.24) is 4.90 Å². The topological polar surface area (TPSA) is 61.6 Å². The van der Waals surface area contributed by atoms with Gasteiger partial charge in [0, 0.05) is 43.2 Å². The third kappa shape index (κ3) is 4.06. The molecule has 0 bridgehead atoms. The standard InChI is InChI=1S/C19H24N4O/c1-15-7-8-16(13-18(15)20)21-19(24)14-22-9-11-23(12-10-22)17-5-3-2-4-6-17/h2-8,13H,9-12,14,20H2,1H3,(H,21,24). The van der Waals surface area contributed by atoms with Crippen LogP contribution in [0.3, 0.4) is 0 Å². The number of benzene rings is 2. The number of anilines is 3. The van der Waals surface area contributed by atoms with Crippen LogP contribution in [0.5, 0.6) is 0 Å². The molecule has 3 N–H and O–H groups in total. The van der Waals surface area contributed by atoms with E-state index in [9.17, 15) is 4.79 Å². The molecule has 0 aliphatic carbocycles. The molecule has 0 radical (unpaired) electrons. The number of nitrogens with two attached hydrogens (primary N) is 1. The Morgan fingerprint density at radius 2 is 1.79 bits per heavy atom. The van der Waals surface area contributed by atoms with Crippen LogP contribution in [0.4, 0.5) is 17.1 Å². The number of nitrogens with one attached hydrogen (secondary N) is 1. The van der Waals surface area contributed by atoms with E-state index in [2.05, 4.69) is 39.4 Å². The lowest BCUT2D eigenvalue weighted by molar-refractivity contribution is -0.117. The van der Waals surface area contributed by atoms with E-state index < -0.39 is 0 Å². The Morgan fingerprint density at radius 1 is 1.08 bits per heavy atom. The van der Waals surface area contributed by atoms with E-state index in [0.29, 0.717) is 12.2 Å². The largest absolute Gasteiger partial charge is 0.398 e. The highest BCUT2D eigenvalue weighted by Gasteiger charge is 2.19. The minimum absolute atomic E-state index is 0.00594. The zero-order valence-corrected chi connectivity index (χ0v) is 14.0. The predicted octanol–water partition coefficient (Wildman–Crippen LogP) is 2.34. The van der Waals surface area contributed by atoms with Crippen LogP contribution in [0, 0.1) is 6.92 Å². The molecule has 126 valence electrons. The minimum Gasteiger partial charge on any atom is -0.398 e. The quantitative estimate of drug-likeness (QED) is 0.848. The van der Waals surface area contributed by atoms with E-state index in [4.69, 9.17) is 5.73 Å². The summed E-state index contributed by atoms with van der Waals surface area (Å²) in [4.78, 5) is 16.8. The summed E-state index contributed by atoms with van der Waals surface area (Å²) in [6.07, 6.45) is 0. The first-order chi connectivity index (χ1) is 11.6. The Kier molecular flexibility index (Phi) is 5.01. The van der Waals surface area contributed by atoms with Gasteiger partial charge in [-0.2, -0.15) is 0 Å². The molecule has 24 heavy (non-hydrogen) atoms. The van der Waals surface area contributed by atoms with Crippen LogP contribution in [0.2, 0.25) is 0 Å². The summed E-state index contributed by atoms with van der Waals surface area (Å²) >= 11 is 0. The lowest BCUT2D eigenvalue weighted by Crippen LogP contribution is -2.48. The number of carbonyl (C=O) groups is 1. The molecular weight excluding hydrogens is 300 g/mol. The van der Waals surface area contributed by atoms with Crippen molar-refractivity contribution in [1.29, 1.82) is 0 Å². The summed E-state index contributed by atoms with van der Waals surface area (Å²) in [5, 5.41) is 2.93. The molecule has 1 heterocycles. The zero-order chi connectivity index (χ0) is 16.9. The molecular formula is C19H24N4O. The van der Waals surface area contributed by atoms with E-state index in [1.54, 1.807) is 6.07 Å². The predicted molar refractivity (Wildman–Crippen MR) is 99.3 cm³/mol. The molecule has 1 fully saturated rings. The summed E-state index contributed by atoms with van der Waals surface area (Å²) in [5.74, 6) is 0.00594. The monoisotopic (exact) mass is 324 g/mol. The van der Waals surface area contributed by atoms with Crippen LogP contribution in [-0.2, 0) is 4.79 Å². The van der Waals surface area contributed by atoms with Crippen LogP contribution in [0.15, 0.2) is 48.5 Å². The fourth-order valence-corrected chi connectivity index (χ4v) is 2.92. The van der Waals surface area contributed by atoms with Crippen LogP contribution in [-0.4, -0.2) is 43.5 Å². The molecule has 3 rings (SSSR count). The van der Waals surface area contributed by atoms with Gasteiger partial charge in [-0.15, -0.1) is 0 Å². The maximum absolute atomic E-state index is 12.2. The number of aryl methyl sites for hydroxylation is 1. The summed E-state index contributed by atoms with van der Waals surface area (Å²) in [5.41, 5.74) is 9.60. The average Bonchev–Trinajstić information content (AvgIpc) is 2.59. The van der Waals surface area contributed by atoms with Gasteiger partial charge in [-0.3, -0.25) is 9.69 Å². The van der Waals surface area contributed by atoms with E-state index in [0.717, 1.165) is 37.4 Å². The van der Waals surface area contributed by atoms with Crippen molar-refractivity contribution in [2.24, 2.45) is 0 Å². The van der Waals surface area contributed by atoms with Crippen LogP contribution >= 0.6 is 0 Å². The van der Waals surface area contributed by atoms with Gasteiger partial charge in [-0.25, -0.2) is 0 Å². The zero-order valence-electron chi connectivity index (χ0n) is 14.0. The number of amides is 1. The lowest BCUT2D eigenvalue weighted by atomic mass is 10.2. The first-order valence-electron chi connectivity index (χ1n) is 8.30. The van der Waals surface area contributed by atoms with Gasteiger partial charge >= 0.3 is 0 Å². The molecule has 0 atom stereocenters. The summed E-state index contributed by atoms with van der Waals surface area (Å²) in [6, 6.07) is 16.0. The maximum Gasteiger partial charge on any atom is 0.238 e. The van der Waals surface area contributed by atoms with Gasteiger partial charge in [0.15, 0.2) is 0 Å². The van der Waals surface area contributed by atoms with E-state index in [-0.39, 0.29) is 5.91 Å². The number of nitrogen functional groups attached to an aromatic ring is 1. The highest BCUT2D eigenvalue weighted by Crippen LogP contribution is 2.18. The normalized spacial score (nSPS) is 15.3. The Hall–Kier alpha value is -2.53. The molecule has 0 aromatic heterocycles. The van der Waals surface area contributed by atoms with Gasteiger partial charge < -0.3 is 16.0 Å². The van der Waals surface area contributed by atoms with Gasteiger partial charge in [0.2, 0.25) is 5.91 Å². The molecule has 1 aliphatic rings. The fraction of sp³-hybridized carbons (Fsp3) is 0.316. The summed E-state index contributed by atoms with van der Waals surface area (Å²) in [6.45, 7) is 6.02. The van der Waals surface area contributed by atoms with E-state index in [1.165, 1.54) is 5.69 Å². The number of carbonyl (C=O) groups excluding carboxylic acids is 1. The molecule has 1 aliphatic heterocycles. The number of piperazine rings is 1. The highest BCUT2D eigenvalue weighted by molar-refractivity contribution is 5.92. The smallest absolute Gasteiger partial charge is 0.238 e. The number of hydrogen-bond acceptors (Lipinski definition) is 4. The second-order valence-corrected chi connectivity index (χ2v) is 6.22. The van der Waals surface area contributed by atoms with Crippen molar-refractivity contribution in [2.45, 2.75) is 6.92 Å². The molecule has 1 amide bonds. The second-order valence-electron chi connectivity index (χ2n) is 6.22. The Morgan fingerprint density at radius 3 is 2.46 bits per heavy atom. The third-order valence-corrected chi connectivity index (χ3v) is 4.42. The highest BCUT2D eigenvalue weighted by atomic mass is 16.2. The lowest BCUT2D eigenvalue weighted by Gasteiger charge is -2.35. The third-order valence-electron chi connectivity index (χ3n) is 4.42. The Labute approximate surface area is 143 Å². The van der Waals surface area contributed by atoms with Crippen molar-refractivity contribution < 1.29 is 4.79 Å². The minimum atomic E-state index is 0.00594. The molecule has 0 saturated carbocycles. The van der Waals surface area contributed by atoms with Crippen molar-refractivity contribution >= 4 is 23.0 Å². The molecule has 0 unspecified atom stereocenters. The average molecular weight is 324 g/mol. The molecule has 0 spiro atoms. The SMILES string of the molecule is Cc1ccc(NC(=O)CN2CCN(c3ccccc3)CC2)cc1N. The summed E-state index contributed by atoms with van der Waals surface area (Å²) < 4.78 is 0. The number of nitrogens with zero attached hydrogens (tertiary/aromatic N) is 2. The molecule has 1 saturated heterocycles. The van der Waals surface area contributed by atoms with Crippen molar-refractivity contribution in [3.8, 4) is 0 Å². The molecule has 2 aromatic rings. The van der Waals surface area contributed by atoms with Crippen LogP contribution < -0.4 is 16.0 Å². The summed E-state index contributed by atoms with van der Waals surface area (Å²) in [7, 11) is 0. The first-order valence-corrected chi connectivity index (χ1v) is 8.30. The van der Waals surface area contributed by atoms with Gasteiger partial charge in [0.1, 0.15) is 0 Å². The van der Waals surface area contributed by atoms with Crippen molar-refractivity contribution in [2.75, 3.05) is 48.7 Å². The Balaban J connectivity index is 1.49. The first kappa shape index (κ1) is 16.3. The van der Waals surface area contributed by atoms with Crippen molar-refractivity contribution in [3.63, 3.8) is 0 Å². The van der Waals surface area contributed by atoms with Gasteiger partial charge in [-0.1, -0.05) is 24.3 Å². The van der Waals surface area contributed by atoms with Gasteiger partial charge in [0.25, 0.3) is 0 Å². The number of rotatable bonds is 4. The van der Waals surface area contributed by atoms with Crippen molar-refractivity contribution in [3.05, 3.63) is 54.1 Å². The van der Waals surface area contributed by atoms with E-state index >= 15 is 0 Å². The molecule has 5 heteroatoms. The van der Waals surface area contributed by atoms with Gasteiger partial charge in [0.05, 0.1) is 6.54 Å². The van der Waals surface area contributed by atoms with Gasteiger partial charge in [-0.05, 0) is 36.8 Å². The Bertz CT molecular complexity index is 694. The van der Waals surface area contributed by atoms with Crippen LogP contribution in [0.25, 0.3) is 0 Å². The number of hydrogen-bond donors (Lipinski definition) is 2. The number of para-hydroxylation sites is 1. The molecule has 2 aromatic carbocycles. The van der Waals surface area contributed by atoms with Crippen LogP contribution in [0.1, 0.15) is 5.56 Å². The fourth-order valence-electron chi connectivity index (χ4n) is 2.92. The second kappa shape index (κ2) is 7.36.